The molecule has 4 rings (SSSR count). The predicted molar refractivity (Wildman–Crippen MR) is 136 cm³/mol. The van der Waals surface area contributed by atoms with Crippen LogP contribution in [-0.4, -0.2) is 35.9 Å². The molecule has 1 aromatic heterocycles. The highest BCUT2D eigenvalue weighted by Gasteiger charge is 2.31. The van der Waals surface area contributed by atoms with Crippen LogP contribution < -0.4 is 0 Å². The van der Waals surface area contributed by atoms with Gasteiger partial charge in [0.25, 0.3) is 0 Å². The Morgan fingerprint density at radius 1 is 0.714 bits per heavy atom. The smallest absolute Gasteiger partial charge is 0.357 e. The molecule has 35 heavy (non-hydrogen) atoms. The van der Waals surface area contributed by atoms with Gasteiger partial charge in [-0.25, -0.2) is 14.3 Å². The summed E-state index contributed by atoms with van der Waals surface area (Å²) in [6, 6.07) is 25.3. The second-order valence-corrected chi connectivity index (χ2v) is 9.21. The minimum Gasteiger partial charge on any atom is -0.465 e. The number of carbonyl (C=O) groups is 2. The first kappa shape index (κ1) is 24.0. The van der Waals surface area contributed by atoms with Crippen molar-refractivity contribution in [3.8, 4) is 28.1 Å². The molecule has 0 saturated carbocycles. The third-order valence-corrected chi connectivity index (χ3v) is 5.90. The fourth-order valence-electron chi connectivity index (χ4n) is 3.94. The first-order chi connectivity index (χ1) is 16.7. The lowest BCUT2D eigenvalue weighted by Crippen LogP contribution is -2.15. The third-order valence-electron chi connectivity index (χ3n) is 5.90. The van der Waals surface area contributed by atoms with Gasteiger partial charge in [-0.15, -0.1) is 0 Å². The average Bonchev–Trinajstić information content (AvgIpc) is 3.28. The standard InChI is InChI=1S/C29H28N2O4/c1-29(2,3)22-17-15-20(16-18-22)19-11-13-21(14-12-19)25-24(27(32)34-4)26(28(33)35-5)31(30-25)23-9-7-6-8-10-23/h6-18H,1-5H3. The fraction of sp³-hybridized carbons (Fsp3) is 0.207. The van der Waals surface area contributed by atoms with Crippen LogP contribution in [-0.2, 0) is 14.9 Å². The Bertz CT molecular complexity index is 1350. The molecule has 0 bridgehead atoms. The molecule has 6 heteroatoms. The summed E-state index contributed by atoms with van der Waals surface area (Å²) in [5, 5.41) is 4.64. The maximum Gasteiger partial charge on any atom is 0.357 e. The van der Waals surface area contributed by atoms with Crippen LogP contribution in [0.1, 0.15) is 47.2 Å². The molecule has 0 fully saturated rings. The van der Waals surface area contributed by atoms with Crippen molar-refractivity contribution < 1.29 is 19.1 Å². The second-order valence-electron chi connectivity index (χ2n) is 9.21. The summed E-state index contributed by atoms with van der Waals surface area (Å²) in [4.78, 5) is 25.6. The van der Waals surface area contributed by atoms with Crippen LogP contribution in [0.5, 0.6) is 0 Å². The van der Waals surface area contributed by atoms with Gasteiger partial charge in [0.2, 0.25) is 0 Å². The Balaban J connectivity index is 1.81. The number of para-hydroxylation sites is 1. The zero-order chi connectivity index (χ0) is 25.2. The molecule has 4 aromatic rings. The number of carbonyl (C=O) groups excluding carboxylic acids is 2. The summed E-state index contributed by atoms with van der Waals surface area (Å²) < 4.78 is 11.4. The van der Waals surface area contributed by atoms with E-state index in [1.54, 1.807) is 12.1 Å². The first-order valence-corrected chi connectivity index (χ1v) is 11.3. The van der Waals surface area contributed by atoms with Crippen molar-refractivity contribution in [2.75, 3.05) is 14.2 Å². The molecule has 0 N–H and O–H groups in total. The van der Waals surface area contributed by atoms with Crippen LogP contribution >= 0.6 is 0 Å². The quantitative estimate of drug-likeness (QED) is 0.332. The molecule has 0 spiro atoms. The van der Waals surface area contributed by atoms with Crippen molar-refractivity contribution in [1.29, 1.82) is 0 Å². The third kappa shape index (κ3) is 4.73. The van der Waals surface area contributed by atoms with Crippen LogP contribution in [0, 0.1) is 0 Å². The molecular formula is C29H28N2O4. The molecule has 178 valence electrons. The molecule has 0 aliphatic rings. The summed E-state index contributed by atoms with van der Waals surface area (Å²) in [6.07, 6.45) is 0. The maximum atomic E-state index is 12.8. The zero-order valence-electron chi connectivity index (χ0n) is 20.5. The van der Waals surface area contributed by atoms with Crippen molar-refractivity contribution in [2.24, 2.45) is 0 Å². The number of benzene rings is 3. The molecule has 0 aliphatic carbocycles. The maximum absolute atomic E-state index is 12.8. The van der Waals surface area contributed by atoms with Gasteiger partial charge in [0.05, 0.1) is 19.9 Å². The van der Waals surface area contributed by atoms with E-state index in [0.29, 0.717) is 16.9 Å². The molecular weight excluding hydrogens is 440 g/mol. The second kappa shape index (κ2) is 9.58. The van der Waals surface area contributed by atoms with E-state index >= 15 is 0 Å². The average molecular weight is 469 g/mol. The van der Waals surface area contributed by atoms with Crippen LogP contribution in [0.3, 0.4) is 0 Å². The molecule has 0 amide bonds. The Labute approximate surface area is 205 Å². The van der Waals surface area contributed by atoms with E-state index in [4.69, 9.17) is 9.47 Å². The normalized spacial score (nSPS) is 11.2. The fourth-order valence-corrected chi connectivity index (χ4v) is 3.94. The van der Waals surface area contributed by atoms with Crippen LogP contribution in [0.4, 0.5) is 0 Å². The SMILES string of the molecule is COC(=O)c1c(-c2ccc(-c3ccc(C(C)(C)C)cc3)cc2)nn(-c2ccccc2)c1C(=O)OC. The largest absolute Gasteiger partial charge is 0.465 e. The summed E-state index contributed by atoms with van der Waals surface area (Å²) in [5.74, 6) is -1.34. The highest BCUT2D eigenvalue weighted by Crippen LogP contribution is 2.32. The Morgan fingerprint density at radius 2 is 1.23 bits per heavy atom. The zero-order valence-corrected chi connectivity index (χ0v) is 20.5. The van der Waals surface area contributed by atoms with Gasteiger partial charge in [-0.05, 0) is 34.2 Å². The molecule has 6 nitrogen and oxygen atoms in total. The number of hydrogen-bond donors (Lipinski definition) is 0. The lowest BCUT2D eigenvalue weighted by molar-refractivity contribution is 0.0549. The van der Waals surface area contributed by atoms with Crippen molar-refractivity contribution >= 4 is 11.9 Å². The van der Waals surface area contributed by atoms with Crippen LogP contribution in [0.15, 0.2) is 78.9 Å². The van der Waals surface area contributed by atoms with E-state index in [1.165, 1.54) is 24.5 Å². The molecule has 0 radical (unpaired) electrons. The Morgan fingerprint density at radius 3 is 1.74 bits per heavy atom. The molecule has 3 aromatic carbocycles. The molecule has 0 atom stereocenters. The van der Waals surface area contributed by atoms with Crippen molar-refractivity contribution in [1.82, 2.24) is 9.78 Å². The highest BCUT2D eigenvalue weighted by atomic mass is 16.5. The van der Waals surface area contributed by atoms with Gasteiger partial charge in [0.15, 0.2) is 5.69 Å². The van der Waals surface area contributed by atoms with Gasteiger partial charge in [-0.1, -0.05) is 87.5 Å². The topological polar surface area (TPSA) is 70.4 Å². The number of nitrogens with zero attached hydrogens (tertiary/aromatic N) is 2. The predicted octanol–water partition coefficient (Wildman–Crippen LogP) is 6.08. The summed E-state index contributed by atoms with van der Waals surface area (Å²) in [7, 11) is 2.54. The lowest BCUT2D eigenvalue weighted by Gasteiger charge is -2.19. The molecule has 0 aliphatic heterocycles. The van der Waals surface area contributed by atoms with E-state index in [9.17, 15) is 9.59 Å². The number of esters is 2. The van der Waals surface area contributed by atoms with Crippen LogP contribution in [0.2, 0.25) is 0 Å². The Kier molecular flexibility index (Phi) is 6.56. The van der Waals surface area contributed by atoms with E-state index in [1.807, 2.05) is 42.5 Å². The number of hydrogen-bond acceptors (Lipinski definition) is 5. The minimum absolute atomic E-state index is 0.0161. The molecule has 0 saturated heterocycles. The van der Waals surface area contributed by atoms with Gasteiger partial charge >= 0.3 is 11.9 Å². The van der Waals surface area contributed by atoms with Crippen LogP contribution in [0.25, 0.3) is 28.1 Å². The number of rotatable bonds is 5. The van der Waals surface area contributed by atoms with Gasteiger partial charge < -0.3 is 9.47 Å². The van der Waals surface area contributed by atoms with Crippen molar-refractivity contribution in [2.45, 2.75) is 26.2 Å². The number of aromatic nitrogens is 2. The number of ether oxygens (including phenoxy) is 2. The summed E-state index contributed by atoms with van der Waals surface area (Å²) in [6.45, 7) is 6.56. The van der Waals surface area contributed by atoms with E-state index < -0.39 is 11.9 Å². The van der Waals surface area contributed by atoms with Gasteiger partial charge in [0.1, 0.15) is 11.3 Å². The monoisotopic (exact) mass is 468 g/mol. The van der Waals surface area contributed by atoms with Crippen molar-refractivity contribution in [3.05, 3.63) is 95.7 Å². The number of methoxy groups -OCH3 is 2. The van der Waals surface area contributed by atoms with E-state index in [-0.39, 0.29) is 16.7 Å². The lowest BCUT2D eigenvalue weighted by atomic mass is 9.86. The summed E-state index contributed by atoms with van der Waals surface area (Å²) >= 11 is 0. The molecule has 0 unspecified atom stereocenters. The highest BCUT2D eigenvalue weighted by molar-refractivity contribution is 6.06. The Hall–Kier alpha value is -4.19. The van der Waals surface area contributed by atoms with Crippen molar-refractivity contribution in [3.63, 3.8) is 0 Å². The van der Waals surface area contributed by atoms with E-state index in [0.717, 1.165) is 11.1 Å². The molecule has 1 heterocycles. The summed E-state index contributed by atoms with van der Waals surface area (Å²) in [5.41, 5.74) is 5.19. The first-order valence-electron chi connectivity index (χ1n) is 11.3. The van der Waals surface area contributed by atoms with E-state index in [2.05, 4.69) is 50.1 Å². The van der Waals surface area contributed by atoms with Gasteiger partial charge in [-0.2, -0.15) is 5.10 Å². The van der Waals surface area contributed by atoms with Gasteiger partial charge in [0, 0.05) is 5.56 Å². The minimum atomic E-state index is -0.677. The van der Waals surface area contributed by atoms with Gasteiger partial charge in [-0.3, -0.25) is 0 Å².